The van der Waals surface area contributed by atoms with Crippen LogP contribution in [0.3, 0.4) is 0 Å². The summed E-state index contributed by atoms with van der Waals surface area (Å²) in [6.07, 6.45) is 4.61. The summed E-state index contributed by atoms with van der Waals surface area (Å²) in [5.41, 5.74) is 0. The SMILES string of the molecule is [CH2-]CCCC[CH2-].[Y].[Y]. The van der Waals surface area contributed by atoms with E-state index in [1.54, 1.807) is 0 Å². The van der Waals surface area contributed by atoms with Gasteiger partial charge in [-0.2, -0.15) is 12.8 Å². The molecule has 0 aliphatic rings. The van der Waals surface area contributed by atoms with E-state index < -0.39 is 0 Å². The zero-order valence-corrected chi connectivity index (χ0v) is 11.1. The van der Waals surface area contributed by atoms with Crippen molar-refractivity contribution in [1.29, 1.82) is 0 Å². The van der Waals surface area contributed by atoms with Crippen LogP contribution in [0.4, 0.5) is 0 Å². The summed E-state index contributed by atoms with van der Waals surface area (Å²) in [4.78, 5) is 0. The minimum atomic E-state index is 0. The number of unbranched alkanes of at least 4 members (excludes halogenated alkanes) is 3. The van der Waals surface area contributed by atoms with Crippen molar-refractivity contribution in [1.82, 2.24) is 0 Å². The van der Waals surface area contributed by atoms with Crippen molar-refractivity contribution in [2.45, 2.75) is 25.7 Å². The molecule has 0 aliphatic heterocycles. The van der Waals surface area contributed by atoms with Gasteiger partial charge in [0.1, 0.15) is 0 Å². The van der Waals surface area contributed by atoms with Gasteiger partial charge in [-0.05, 0) is 0 Å². The maximum Gasteiger partial charge on any atom is 0 e. The Balaban J connectivity index is -0.000000125. The van der Waals surface area contributed by atoms with Crippen molar-refractivity contribution in [2.24, 2.45) is 0 Å². The molecule has 0 spiro atoms. The molecular weight excluding hydrogens is 250 g/mol. The Morgan fingerprint density at radius 1 is 0.750 bits per heavy atom. The smallest absolute Gasteiger partial charge is 0 e. The summed E-state index contributed by atoms with van der Waals surface area (Å²) in [5.74, 6) is 0. The first-order valence-corrected chi connectivity index (χ1v) is 2.50. The molecule has 8 heavy (non-hydrogen) atoms. The summed E-state index contributed by atoms with van der Waals surface area (Å²) in [6, 6.07) is 0. The minimum Gasteiger partial charge on any atom is -0.343 e. The Kier molecular flexibility index (Phi) is 33.5. The van der Waals surface area contributed by atoms with Gasteiger partial charge in [-0.3, -0.25) is 0 Å². The van der Waals surface area contributed by atoms with Gasteiger partial charge in [0.05, 0.1) is 0 Å². The van der Waals surface area contributed by atoms with E-state index in [0.29, 0.717) is 0 Å². The van der Waals surface area contributed by atoms with Gasteiger partial charge in [-0.25, -0.2) is 0 Å². The van der Waals surface area contributed by atoms with Crippen LogP contribution in [0.5, 0.6) is 0 Å². The van der Waals surface area contributed by atoms with Crippen molar-refractivity contribution in [3.05, 3.63) is 13.8 Å². The Morgan fingerprint density at radius 3 is 1.12 bits per heavy atom. The van der Waals surface area contributed by atoms with Crippen molar-refractivity contribution < 1.29 is 65.4 Å². The van der Waals surface area contributed by atoms with E-state index in [1.807, 2.05) is 0 Å². The monoisotopic (exact) mass is 262 g/mol. The predicted octanol–water partition coefficient (Wildman–Crippen LogP) is 2.21. The average molecular weight is 262 g/mol. The number of hydrogen-bond acceptors (Lipinski definition) is 0. The molecule has 0 aromatic carbocycles. The molecule has 0 bridgehead atoms. The Hall–Kier alpha value is 2.21. The summed E-state index contributed by atoms with van der Waals surface area (Å²) >= 11 is 0. The minimum absolute atomic E-state index is 0. The van der Waals surface area contributed by atoms with E-state index in [2.05, 4.69) is 13.8 Å². The molecule has 2 heteroatoms. The van der Waals surface area contributed by atoms with E-state index >= 15 is 0 Å². The van der Waals surface area contributed by atoms with Crippen molar-refractivity contribution in [2.75, 3.05) is 0 Å². The van der Waals surface area contributed by atoms with Crippen LogP contribution in [0.2, 0.25) is 0 Å². The van der Waals surface area contributed by atoms with E-state index in [4.69, 9.17) is 0 Å². The second-order valence-corrected chi connectivity index (χ2v) is 1.41. The van der Waals surface area contributed by atoms with Gasteiger partial charge in [0.25, 0.3) is 0 Å². The van der Waals surface area contributed by atoms with Crippen LogP contribution in [0.25, 0.3) is 0 Å². The van der Waals surface area contributed by atoms with Crippen LogP contribution in [0, 0.1) is 13.8 Å². The van der Waals surface area contributed by atoms with Gasteiger partial charge >= 0.3 is 0 Å². The Labute approximate surface area is 103 Å². The van der Waals surface area contributed by atoms with Crippen LogP contribution in [-0.4, -0.2) is 0 Å². The third-order valence-electron chi connectivity index (χ3n) is 0.750. The maximum absolute atomic E-state index is 3.70. The van der Waals surface area contributed by atoms with Crippen LogP contribution >= 0.6 is 0 Å². The Morgan fingerprint density at radius 2 is 1.00 bits per heavy atom. The average Bonchev–Trinajstić information content (AvgIpc) is 1.61. The molecule has 0 saturated carbocycles. The summed E-state index contributed by atoms with van der Waals surface area (Å²) in [7, 11) is 0. The zero-order chi connectivity index (χ0) is 4.83. The molecule has 0 atom stereocenters. The fraction of sp³-hybridized carbons (Fsp3) is 0.667. The zero-order valence-electron chi connectivity index (χ0n) is 5.40. The molecule has 0 unspecified atom stereocenters. The fourth-order valence-electron chi connectivity index (χ4n) is 0.354. The molecule has 0 fully saturated rings. The third-order valence-corrected chi connectivity index (χ3v) is 0.750. The molecule has 44 valence electrons. The molecule has 0 aromatic heterocycles. The van der Waals surface area contributed by atoms with E-state index in [-0.39, 0.29) is 65.4 Å². The van der Waals surface area contributed by atoms with Crippen LogP contribution in [0.1, 0.15) is 25.7 Å². The van der Waals surface area contributed by atoms with E-state index in [9.17, 15) is 0 Å². The molecule has 0 N–H and O–H groups in total. The van der Waals surface area contributed by atoms with Gasteiger partial charge in [-0.1, -0.05) is 12.8 Å². The standard InChI is InChI=1S/C6H12.2Y/c1-3-5-6-4-2;;/h1-6H2;;/q-2;;. The van der Waals surface area contributed by atoms with Gasteiger partial charge in [0, 0.05) is 65.4 Å². The molecular formula is C6H12Y2-2. The largest absolute Gasteiger partial charge is 0.343 e. The van der Waals surface area contributed by atoms with E-state index in [0.717, 1.165) is 12.8 Å². The molecule has 0 nitrogen and oxygen atoms in total. The first-order chi connectivity index (χ1) is 2.91. The van der Waals surface area contributed by atoms with Gasteiger partial charge in [0.2, 0.25) is 0 Å². The summed E-state index contributed by atoms with van der Waals surface area (Å²) in [6.45, 7) is 7.39. The van der Waals surface area contributed by atoms with Crippen molar-refractivity contribution >= 4 is 0 Å². The molecule has 0 heterocycles. The van der Waals surface area contributed by atoms with Crippen molar-refractivity contribution in [3.63, 3.8) is 0 Å². The molecule has 0 aromatic rings. The molecule has 2 radical (unpaired) electrons. The van der Waals surface area contributed by atoms with Gasteiger partial charge in [-0.15, -0.1) is 0 Å². The summed E-state index contributed by atoms with van der Waals surface area (Å²) in [5, 5.41) is 0. The second kappa shape index (κ2) is 16.1. The fourth-order valence-corrected chi connectivity index (χ4v) is 0.354. The van der Waals surface area contributed by atoms with E-state index in [1.165, 1.54) is 12.8 Å². The molecule has 0 rings (SSSR count). The Bertz CT molecular complexity index is 18.5. The quantitative estimate of drug-likeness (QED) is 0.540. The van der Waals surface area contributed by atoms with Gasteiger partial charge < -0.3 is 13.8 Å². The molecule has 0 aliphatic carbocycles. The van der Waals surface area contributed by atoms with Crippen LogP contribution in [0.15, 0.2) is 0 Å². The van der Waals surface area contributed by atoms with Crippen molar-refractivity contribution in [3.8, 4) is 0 Å². The molecule has 0 saturated heterocycles. The third kappa shape index (κ3) is 15.7. The normalized spacial score (nSPS) is 6.75. The first kappa shape index (κ1) is 16.7. The predicted molar refractivity (Wildman–Crippen MR) is 29.2 cm³/mol. The number of rotatable bonds is 3. The number of hydrogen-bond donors (Lipinski definition) is 0. The molecule has 0 amide bonds. The first-order valence-electron chi connectivity index (χ1n) is 2.50. The second-order valence-electron chi connectivity index (χ2n) is 1.41. The van der Waals surface area contributed by atoms with Crippen LogP contribution in [-0.2, 0) is 65.4 Å². The maximum atomic E-state index is 3.70. The summed E-state index contributed by atoms with van der Waals surface area (Å²) < 4.78 is 0. The topological polar surface area (TPSA) is 0 Å². The van der Waals surface area contributed by atoms with Gasteiger partial charge in [0.15, 0.2) is 0 Å². The van der Waals surface area contributed by atoms with Crippen LogP contribution < -0.4 is 0 Å².